The molecule has 0 aliphatic heterocycles. The molecule has 2 aromatic rings. The quantitative estimate of drug-likeness (QED) is 0.734. The zero-order chi connectivity index (χ0) is 13.5. The van der Waals surface area contributed by atoms with E-state index in [1.807, 2.05) is 6.07 Å². The van der Waals surface area contributed by atoms with Gasteiger partial charge in [-0.05, 0) is 30.9 Å². The van der Waals surface area contributed by atoms with E-state index in [2.05, 4.69) is 41.6 Å². The summed E-state index contributed by atoms with van der Waals surface area (Å²) in [5.74, 6) is 0.181. The maximum absolute atomic E-state index is 11.5. The Morgan fingerprint density at radius 1 is 1.26 bits per heavy atom. The highest BCUT2D eigenvalue weighted by molar-refractivity contribution is 5.83. The monoisotopic (exact) mass is 258 g/mol. The number of unbranched alkanes of at least 4 members (excludes halogenated alkanes) is 1. The van der Waals surface area contributed by atoms with E-state index in [-0.39, 0.29) is 5.91 Å². The lowest BCUT2D eigenvalue weighted by Gasteiger charge is -2.04. The van der Waals surface area contributed by atoms with Crippen LogP contribution in [0.1, 0.15) is 38.2 Å². The van der Waals surface area contributed by atoms with Gasteiger partial charge < -0.3 is 10.3 Å². The minimum atomic E-state index is 0.181. The Balaban J connectivity index is 1.75. The number of benzene rings is 1. The summed E-state index contributed by atoms with van der Waals surface area (Å²) < 4.78 is 0. The van der Waals surface area contributed by atoms with Crippen LogP contribution in [0.25, 0.3) is 10.9 Å². The van der Waals surface area contributed by atoms with Crippen LogP contribution in [0.3, 0.4) is 0 Å². The van der Waals surface area contributed by atoms with Crippen molar-refractivity contribution in [3.05, 3.63) is 36.0 Å². The van der Waals surface area contributed by atoms with Crippen LogP contribution < -0.4 is 5.32 Å². The summed E-state index contributed by atoms with van der Waals surface area (Å²) >= 11 is 0. The van der Waals surface area contributed by atoms with Crippen LogP contribution in [0.5, 0.6) is 0 Å². The number of carbonyl (C=O) groups excluding carboxylic acids is 1. The van der Waals surface area contributed by atoms with Crippen molar-refractivity contribution in [1.82, 2.24) is 10.3 Å². The van der Waals surface area contributed by atoms with Crippen molar-refractivity contribution in [2.24, 2.45) is 0 Å². The normalized spacial score (nSPS) is 10.8. The predicted octanol–water partition coefficient (Wildman–Crippen LogP) is 3.41. The molecule has 2 rings (SSSR count). The second-order valence-corrected chi connectivity index (χ2v) is 4.92. The van der Waals surface area contributed by atoms with Crippen LogP contribution in [0.2, 0.25) is 0 Å². The molecule has 1 aromatic carbocycles. The van der Waals surface area contributed by atoms with Gasteiger partial charge in [-0.1, -0.05) is 31.5 Å². The van der Waals surface area contributed by atoms with Gasteiger partial charge in [-0.3, -0.25) is 4.79 Å². The molecule has 0 bridgehead atoms. The average Bonchev–Trinajstić information content (AvgIpc) is 2.85. The predicted molar refractivity (Wildman–Crippen MR) is 79.2 cm³/mol. The third-order valence-corrected chi connectivity index (χ3v) is 3.38. The standard InChI is InChI=1S/C16H22N2O/c1-2-3-10-16(19)17-11-6-7-13-12-18-15-9-5-4-8-14(13)15/h4-5,8-9,12,18H,2-3,6-7,10-11H2,1H3,(H,17,19). The molecule has 0 atom stereocenters. The minimum Gasteiger partial charge on any atom is -0.361 e. The molecular weight excluding hydrogens is 236 g/mol. The molecule has 0 radical (unpaired) electrons. The second-order valence-electron chi connectivity index (χ2n) is 4.92. The lowest BCUT2D eigenvalue weighted by atomic mass is 10.1. The zero-order valence-electron chi connectivity index (χ0n) is 11.5. The molecule has 2 N–H and O–H groups in total. The van der Waals surface area contributed by atoms with Gasteiger partial charge in [0, 0.05) is 30.1 Å². The van der Waals surface area contributed by atoms with E-state index in [0.717, 1.165) is 32.2 Å². The molecule has 0 fully saturated rings. The number of H-pyrrole nitrogens is 1. The number of amides is 1. The number of hydrogen-bond donors (Lipinski definition) is 2. The lowest BCUT2D eigenvalue weighted by molar-refractivity contribution is -0.121. The maximum Gasteiger partial charge on any atom is 0.219 e. The van der Waals surface area contributed by atoms with Gasteiger partial charge in [-0.2, -0.15) is 0 Å². The molecule has 1 aromatic heterocycles. The largest absolute Gasteiger partial charge is 0.361 e. The summed E-state index contributed by atoms with van der Waals surface area (Å²) in [5.41, 5.74) is 2.52. The SMILES string of the molecule is CCCCC(=O)NCCCc1c[nH]c2ccccc12. The van der Waals surface area contributed by atoms with Gasteiger partial charge in [0.15, 0.2) is 0 Å². The van der Waals surface area contributed by atoms with Crippen LogP contribution in [0.4, 0.5) is 0 Å². The highest BCUT2D eigenvalue weighted by Crippen LogP contribution is 2.18. The molecular formula is C16H22N2O. The molecule has 1 amide bonds. The summed E-state index contributed by atoms with van der Waals surface area (Å²) in [5, 5.41) is 4.27. The third-order valence-electron chi connectivity index (χ3n) is 3.38. The van der Waals surface area contributed by atoms with Crippen LogP contribution >= 0.6 is 0 Å². The van der Waals surface area contributed by atoms with Gasteiger partial charge in [0.2, 0.25) is 5.91 Å². The van der Waals surface area contributed by atoms with Crippen LogP contribution in [0.15, 0.2) is 30.5 Å². The molecule has 0 unspecified atom stereocenters. The first-order chi connectivity index (χ1) is 9.31. The molecule has 19 heavy (non-hydrogen) atoms. The smallest absolute Gasteiger partial charge is 0.219 e. The first kappa shape index (κ1) is 13.7. The Kier molecular flexibility index (Phi) is 5.01. The van der Waals surface area contributed by atoms with Crippen molar-refractivity contribution >= 4 is 16.8 Å². The van der Waals surface area contributed by atoms with Crippen LogP contribution in [-0.2, 0) is 11.2 Å². The molecule has 3 nitrogen and oxygen atoms in total. The number of hydrogen-bond acceptors (Lipinski definition) is 1. The number of aromatic nitrogens is 1. The van der Waals surface area contributed by atoms with Crippen molar-refractivity contribution in [2.75, 3.05) is 6.54 Å². The molecule has 102 valence electrons. The van der Waals surface area contributed by atoms with Gasteiger partial charge >= 0.3 is 0 Å². The Morgan fingerprint density at radius 2 is 2.11 bits per heavy atom. The zero-order valence-corrected chi connectivity index (χ0v) is 11.5. The molecule has 0 spiro atoms. The average molecular weight is 258 g/mol. The molecule has 3 heteroatoms. The summed E-state index contributed by atoms with van der Waals surface area (Å²) in [7, 11) is 0. The van der Waals surface area contributed by atoms with Crippen molar-refractivity contribution in [2.45, 2.75) is 39.0 Å². The number of aryl methyl sites for hydroxylation is 1. The molecule has 0 aliphatic carbocycles. The number of aromatic amines is 1. The van der Waals surface area contributed by atoms with Gasteiger partial charge in [0.1, 0.15) is 0 Å². The Hall–Kier alpha value is -1.77. The van der Waals surface area contributed by atoms with Crippen molar-refractivity contribution in [3.8, 4) is 0 Å². The fourth-order valence-electron chi connectivity index (χ4n) is 2.27. The van der Waals surface area contributed by atoms with Crippen LogP contribution in [-0.4, -0.2) is 17.4 Å². The van der Waals surface area contributed by atoms with Crippen molar-refractivity contribution < 1.29 is 4.79 Å². The van der Waals surface area contributed by atoms with Crippen LogP contribution in [0, 0.1) is 0 Å². The van der Waals surface area contributed by atoms with E-state index in [1.54, 1.807) is 0 Å². The third kappa shape index (κ3) is 3.85. The highest BCUT2D eigenvalue weighted by Gasteiger charge is 2.03. The summed E-state index contributed by atoms with van der Waals surface area (Å²) in [6.45, 7) is 2.87. The maximum atomic E-state index is 11.5. The minimum absolute atomic E-state index is 0.181. The Labute approximate surface area is 114 Å². The van der Waals surface area contributed by atoms with Crippen molar-refractivity contribution in [3.63, 3.8) is 0 Å². The number of para-hydroxylation sites is 1. The number of carbonyl (C=O) groups is 1. The number of fused-ring (bicyclic) bond motifs is 1. The van der Waals surface area contributed by atoms with E-state index in [9.17, 15) is 4.79 Å². The lowest BCUT2D eigenvalue weighted by Crippen LogP contribution is -2.24. The number of nitrogens with one attached hydrogen (secondary N) is 2. The summed E-state index contributed by atoms with van der Waals surface area (Å²) in [6.07, 6.45) is 6.77. The number of rotatable bonds is 7. The first-order valence-electron chi connectivity index (χ1n) is 7.13. The fraction of sp³-hybridized carbons (Fsp3) is 0.438. The van der Waals surface area contributed by atoms with E-state index < -0.39 is 0 Å². The van der Waals surface area contributed by atoms with Gasteiger partial charge in [-0.15, -0.1) is 0 Å². The van der Waals surface area contributed by atoms with Gasteiger partial charge in [0.05, 0.1) is 0 Å². The van der Waals surface area contributed by atoms with E-state index in [1.165, 1.54) is 16.5 Å². The van der Waals surface area contributed by atoms with E-state index in [4.69, 9.17) is 0 Å². The highest BCUT2D eigenvalue weighted by atomic mass is 16.1. The van der Waals surface area contributed by atoms with Gasteiger partial charge in [0.25, 0.3) is 0 Å². The Morgan fingerprint density at radius 3 is 2.95 bits per heavy atom. The van der Waals surface area contributed by atoms with Crippen molar-refractivity contribution in [1.29, 1.82) is 0 Å². The first-order valence-corrected chi connectivity index (χ1v) is 7.13. The summed E-state index contributed by atoms with van der Waals surface area (Å²) in [4.78, 5) is 14.7. The fourth-order valence-corrected chi connectivity index (χ4v) is 2.27. The van der Waals surface area contributed by atoms with E-state index in [0.29, 0.717) is 6.42 Å². The Bertz CT molecular complexity index is 530. The topological polar surface area (TPSA) is 44.9 Å². The molecule has 0 saturated heterocycles. The molecule has 1 heterocycles. The molecule has 0 saturated carbocycles. The molecule has 0 aliphatic rings. The van der Waals surface area contributed by atoms with Gasteiger partial charge in [-0.25, -0.2) is 0 Å². The summed E-state index contributed by atoms with van der Waals surface area (Å²) in [6, 6.07) is 8.33. The second kappa shape index (κ2) is 6.98. The van der Waals surface area contributed by atoms with E-state index >= 15 is 0 Å².